The maximum absolute atomic E-state index is 11.6. The largest absolute Gasteiger partial charge is 0.412 e. The SMILES string of the molecule is CC(O)C(=O)On1c(=O)ccc2ccccc21.O. The van der Waals surface area contributed by atoms with Crippen LogP contribution >= 0.6 is 0 Å². The fourth-order valence-electron chi connectivity index (χ4n) is 1.42. The number of aliphatic hydroxyl groups excluding tert-OH is 1. The van der Waals surface area contributed by atoms with Crippen molar-refractivity contribution in [2.24, 2.45) is 0 Å². The summed E-state index contributed by atoms with van der Waals surface area (Å²) in [6.07, 6.45) is -1.28. The van der Waals surface area contributed by atoms with Gasteiger partial charge in [-0.1, -0.05) is 18.2 Å². The maximum Gasteiger partial charge on any atom is 0.360 e. The summed E-state index contributed by atoms with van der Waals surface area (Å²) in [5.74, 6) is -0.872. The summed E-state index contributed by atoms with van der Waals surface area (Å²) in [6, 6.07) is 9.94. The van der Waals surface area contributed by atoms with Crippen LogP contribution in [0.25, 0.3) is 10.9 Å². The average Bonchev–Trinajstić information content (AvgIpc) is 2.32. The van der Waals surface area contributed by atoms with E-state index in [9.17, 15) is 9.59 Å². The molecule has 1 heterocycles. The standard InChI is InChI=1S/C12H11NO4.H2O/c1-8(14)12(16)17-13-10-5-3-2-4-9(10)6-7-11(13)15;/h2-8,14H,1H3;1H2. The van der Waals surface area contributed by atoms with Gasteiger partial charge in [0.15, 0.2) is 6.10 Å². The van der Waals surface area contributed by atoms with E-state index in [2.05, 4.69) is 0 Å². The van der Waals surface area contributed by atoms with Crippen molar-refractivity contribution in [2.75, 3.05) is 0 Å². The quantitative estimate of drug-likeness (QED) is 0.778. The molecule has 0 aliphatic heterocycles. The molecule has 6 heteroatoms. The fourth-order valence-corrected chi connectivity index (χ4v) is 1.42. The van der Waals surface area contributed by atoms with Crippen LogP contribution < -0.4 is 10.4 Å². The molecule has 0 aliphatic rings. The minimum Gasteiger partial charge on any atom is -0.412 e. The second-order valence-corrected chi connectivity index (χ2v) is 3.61. The number of pyridine rings is 1. The first-order valence-electron chi connectivity index (χ1n) is 5.10. The van der Waals surface area contributed by atoms with Gasteiger partial charge in [-0.3, -0.25) is 4.79 Å². The highest BCUT2D eigenvalue weighted by Crippen LogP contribution is 2.09. The van der Waals surface area contributed by atoms with Crippen LogP contribution in [0, 0.1) is 0 Å². The molecule has 1 atom stereocenters. The molecule has 3 N–H and O–H groups in total. The summed E-state index contributed by atoms with van der Waals surface area (Å²) >= 11 is 0. The summed E-state index contributed by atoms with van der Waals surface area (Å²) in [5, 5.41) is 9.82. The van der Waals surface area contributed by atoms with Crippen molar-refractivity contribution < 1.29 is 20.2 Å². The summed E-state index contributed by atoms with van der Waals surface area (Å²) in [5.41, 5.74) is 0.0201. The number of aromatic nitrogens is 1. The van der Waals surface area contributed by atoms with Gasteiger partial charge in [-0.25, -0.2) is 4.79 Å². The van der Waals surface area contributed by atoms with E-state index in [1.807, 2.05) is 6.07 Å². The van der Waals surface area contributed by atoms with E-state index in [-0.39, 0.29) is 5.48 Å². The lowest BCUT2D eigenvalue weighted by Crippen LogP contribution is -2.35. The predicted octanol–water partition coefficient (Wildman–Crippen LogP) is -0.487. The van der Waals surface area contributed by atoms with Gasteiger partial charge < -0.3 is 15.4 Å². The van der Waals surface area contributed by atoms with Gasteiger partial charge in [0.25, 0.3) is 5.56 Å². The van der Waals surface area contributed by atoms with E-state index in [4.69, 9.17) is 9.94 Å². The number of carbonyl (C=O) groups excluding carboxylic acids is 1. The lowest BCUT2D eigenvalue weighted by atomic mass is 10.2. The van der Waals surface area contributed by atoms with Gasteiger partial charge in [-0.2, -0.15) is 0 Å². The molecule has 0 amide bonds. The number of carbonyl (C=O) groups is 1. The second-order valence-electron chi connectivity index (χ2n) is 3.61. The smallest absolute Gasteiger partial charge is 0.360 e. The lowest BCUT2D eigenvalue weighted by molar-refractivity contribution is -0.152. The van der Waals surface area contributed by atoms with Crippen molar-refractivity contribution in [2.45, 2.75) is 13.0 Å². The summed E-state index contributed by atoms with van der Waals surface area (Å²) < 4.78 is 0.879. The molecule has 0 radical (unpaired) electrons. The molecule has 2 rings (SSSR count). The Morgan fingerprint density at radius 1 is 1.28 bits per heavy atom. The Hall–Kier alpha value is -2.18. The van der Waals surface area contributed by atoms with E-state index in [0.29, 0.717) is 5.52 Å². The van der Waals surface area contributed by atoms with Crippen molar-refractivity contribution in [3.63, 3.8) is 0 Å². The molecule has 0 saturated carbocycles. The first kappa shape index (κ1) is 13.9. The normalized spacial score (nSPS) is 11.7. The number of hydrogen-bond acceptors (Lipinski definition) is 4. The van der Waals surface area contributed by atoms with Gasteiger partial charge >= 0.3 is 5.97 Å². The van der Waals surface area contributed by atoms with Crippen LogP contribution in [0.1, 0.15) is 6.92 Å². The Labute approximate surface area is 102 Å². The van der Waals surface area contributed by atoms with Crippen LogP contribution in [0.3, 0.4) is 0 Å². The monoisotopic (exact) mass is 251 g/mol. The number of aliphatic hydroxyl groups is 1. The van der Waals surface area contributed by atoms with Crippen molar-refractivity contribution in [1.29, 1.82) is 0 Å². The third-order valence-electron chi connectivity index (χ3n) is 2.28. The molecule has 0 bridgehead atoms. The highest BCUT2D eigenvalue weighted by molar-refractivity contribution is 5.80. The number of para-hydroxylation sites is 1. The van der Waals surface area contributed by atoms with Gasteiger partial charge in [-0.05, 0) is 19.1 Å². The van der Waals surface area contributed by atoms with Gasteiger partial charge in [0, 0.05) is 11.5 Å². The molecular formula is C12H13NO5. The fraction of sp³-hybridized carbons (Fsp3) is 0.167. The summed E-state index contributed by atoms with van der Waals surface area (Å²) in [7, 11) is 0. The Balaban J connectivity index is 0.00000162. The zero-order valence-electron chi connectivity index (χ0n) is 9.66. The molecule has 2 aromatic rings. The minimum absolute atomic E-state index is 0. The van der Waals surface area contributed by atoms with Crippen LogP contribution in [0.15, 0.2) is 41.2 Å². The third kappa shape index (κ3) is 2.55. The number of benzene rings is 1. The predicted molar refractivity (Wildman–Crippen MR) is 65.1 cm³/mol. The number of hydrogen-bond donors (Lipinski definition) is 1. The highest BCUT2D eigenvalue weighted by Gasteiger charge is 2.14. The molecule has 96 valence electrons. The molecule has 1 unspecified atom stereocenters. The van der Waals surface area contributed by atoms with Crippen molar-refractivity contribution in [1.82, 2.24) is 4.73 Å². The zero-order valence-corrected chi connectivity index (χ0v) is 9.66. The van der Waals surface area contributed by atoms with E-state index >= 15 is 0 Å². The minimum atomic E-state index is -1.28. The Morgan fingerprint density at radius 2 is 1.94 bits per heavy atom. The molecule has 0 spiro atoms. The second kappa shape index (κ2) is 5.44. The van der Waals surface area contributed by atoms with E-state index in [1.54, 1.807) is 24.3 Å². The van der Waals surface area contributed by atoms with Gasteiger partial charge in [-0.15, -0.1) is 4.73 Å². The Morgan fingerprint density at radius 3 is 2.61 bits per heavy atom. The molecule has 18 heavy (non-hydrogen) atoms. The van der Waals surface area contributed by atoms with Crippen LogP contribution in [0.4, 0.5) is 0 Å². The van der Waals surface area contributed by atoms with Crippen LogP contribution in [-0.4, -0.2) is 27.4 Å². The Bertz CT molecular complexity index is 617. The van der Waals surface area contributed by atoms with Gasteiger partial charge in [0.1, 0.15) is 0 Å². The van der Waals surface area contributed by atoms with E-state index < -0.39 is 17.6 Å². The summed E-state index contributed by atoms with van der Waals surface area (Å²) in [4.78, 5) is 27.7. The summed E-state index contributed by atoms with van der Waals surface area (Å²) in [6.45, 7) is 1.28. The van der Waals surface area contributed by atoms with Crippen LogP contribution in [0.5, 0.6) is 0 Å². The molecule has 0 saturated heterocycles. The maximum atomic E-state index is 11.6. The van der Waals surface area contributed by atoms with Crippen LogP contribution in [0.2, 0.25) is 0 Å². The average molecular weight is 251 g/mol. The van der Waals surface area contributed by atoms with Crippen molar-refractivity contribution in [3.05, 3.63) is 46.8 Å². The number of rotatable bonds is 2. The van der Waals surface area contributed by atoms with E-state index in [1.165, 1.54) is 13.0 Å². The first-order valence-corrected chi connectivity index (χ1v) is 5.10. The number of fused-ring (bicyclic) bond motifs is 1. The van der Waals surface area contributed by atoms with Crippen molar-refractivity contribution in [3.8, 4) is 0 Å². The lowest BCUT2D eigenvalue weighted by Gasteiger charge is -2.10. The topological polar surface area (TPSA) is 100 Å². The van der Waals surface area contributed by atoms with Crippen LogP contribution in [-0.2, 0) is 4.79 Å². The molecule has 1 aromatic carbocycles. The zero-order chi connectivity index (χ0) is 12.4. The molecule has 0 fully saturated rings. The highest BCUT2D eigenvalue weighted by atomic mass is 16.7. The van der Waals surface area contributed by atoms with Crippen molar-refractivity contribution >= 4 is 16.9 Å². The molecule has 0 aliphatic carbocycles. The van der Waals surface area contributed by atoms with E-state index in [0.717, 1.165) is 10.1 Å². The van der Waals surface area contributed by atoms with Gasteiger partial charge in [0.05, 0.1) is 5.52 Å². The molecule has 1 aromatic heterocycles. The number of nitrogens with zero attached hydrogens (tertiary/aromatic N) is 1. The molecule has 6 nitrogen and oxygen atoms in total. The Kier molecular flexibility index (Phi) is 4.19. The van der Waals surface area contributed by atoms with Gasteiger partial charge in [0.2, 0.25) is 0 Å². The molecular weight excluding hydrogens is 238 g/mol. The third-order valence-corrected chi connectivity index (χ3v) is 2.28. The first-order chi connectivity index (χ1) is 8.09.